The second-order valence-corrected chi connectivity index (χ2v) is 6.08. The Morgan fingerprint density at radius 1 is 1.07 bits per heavy atom. The molecule has 29 heavy (non-hydrogen) atoms. The number of benzene rings is 2. The maximum Gasteiger partial charge on any atom is 0.360 e. The number of amides is 1. The molecule has 10 heteroatoms. The summed E-state index contributed by atoms with van der Waals surface area (Å²) < 4.78 is 45.9. The third kappa shape index (κ3) is 3.82. The number of nitrogens with zero attached hydrogens (tertiary/aromatic N) is 2. The Hall–Kier alpha value is -3.69. The van der Waals surface area contributed by atoms with Crippen molar-refractivity contribution in [3.8, 4) is 0 Å². The molecule has 1 heterocycles. The fourth-order valence-corrected chi connectivity index (χ4v) is 2.58. The topological polar surface area (TPSA) is 90.3 Å². The van der Waals surface area contributed by atoms with Gasteiger partial charge < -0.3 is 10.1 Å². The quantitative estimate of drug-likeness (QED) is 0.532. The molecular formula is C19H14F3N3O4. The first kappa shape index (κ1) is 20.1. The molecule has 0 saturated carbocycles. The summed E-state index contributed by atoms with van der Waals surface area (Å²) in [7, 11) is 1.35. The number of aryl methyl sites for hydroxylation is 1. The van der Waals surface area contributed by atoms with Gasteiger partial charge in [0.2, 0.25) is 0 Å². The fourth-order valence-electron chi connectivity index (χ4n) is 2.58. The summed E-state index contributed by atoms with van der Waals surface area (Å²) in [5.41, 5.74) is -1.22. The third-order valence-electron chi connectivity index (χ3n) is 4.10. The Balaban J connectivity index is 1.82. The Morgan fingerprint density at radius 2 is 1.72 bits per heavy atom. The SMILES string of the molecule is C[C@@H](OC(=O)c1nn(C)c(=O)c2ccccc12)C(=O)Nc1ccc(F)c(F)c1F. The van der Waals surface area contributed by atoms with Crippen LogP contribution < -0.4 is 10.9 Å². The molecule has 7 nitrogen and oxygen atoms in total. The van der Waals surface area contributed by atoms with Crippen LogP contribution in [0.15, 0.2) is 41.2 Å². The number of esters is 1. The average molecular weight is 405 g/mol. The number of carbonyl (C=O) groups excluding carboxylic acids is 2. The van der Waals surface area contributed by atoms with Gasteiger partial charge in [0.15, 0.2) is 29.2 Å². The van der Waals surface area contributed by atoms with Gasteiger partial charge in [0, 0.05) is 12.4 Å². The van der Waals surface area contributed by atoms with E-state index in [9.17, 15) is 27.6 Å². The summed E-state index contributed by atoms with van der Waals surface area (Å²) in [5.74, 6) is -6.70. The average Bonchev–Trinajstić information content (AvgIpc) is 2.70. The number of fused-ring (bicyclic) bond motifs is 1. The molecule has 0 aliphatic rings. The number of nitrogens with one attached hydrogen (secondary N) is 1. The minimum atomic E-state index is -1.74. The molecular weight excluding hydrogens is 391 g/mol. The van der Waals surface area contributed by atoms with Gasteiger partial charge >= 0.3 is 5.97 Å². The van der Waals surface area contributed by atoms with Crippen LogP contribution in [-0.4, -0.2) is 27.8 Å². The first-order chi connectivity index (χ1) is 13.7. The smallest absolute Gasteiger partial charge is 0.360 e. The van der Waals surface area contributed by atoms with E-state index in [0.717, 1.165) is 10.7 Å². The molecule has 0 unspecified atom stereocenters. The van der Waals surface area contributed by atoms with Gasteiger partial charge in [-0.3, -0.25) is 9.59 Å². The highest BCUT2D eigenvalue weighted by Crippen LogP contribution is 2.20. The number of aromatic nitrogens is 2. The van der Waals surface area contributed by atoms with E-state index in [1.54, 1.807) is 12.1 Å². The molecule has 0 radical (unpaired) electrons. The Morgan fingerprint density at radius 3 is 2.41 bits per heavy atom. The van der Waals surface area contributed by atoms with Crippen LogP contribution in [0.3, 0.4) is 0 Å². The largest absolute Gasteiger partial charge is 0.448 e. The van der Waals surface area contributed by atoms with Gasteiger partial charge in [-0.05, 0) is 25.1 Å². The maximum atomic E-state index is 13.7. The maximum absolute atomic E-state index is 13.7. The molecule has 0 aliphatic heterocycles. The lowest BCUT2D eigenvalue weighted by Gasteiger charge is -2.15. The van der Waals surface area contributed by atoms with Crippen molar-refractivity contribution in [2.24, 2.45) is 7.05 Å². The molecule has 0 fully saturated rings. The zero-order valence-electron chi connectivity index (χ0n) is 15.2. The Kier molecular flexibility index (Phi) is 5.35. The number of rotatable bonds is 4. The molecule has 1 aromatic heterocycles. The molecule has 1 N–H and O–H groups in total. The minimum absolute atomic E-state index is 0.193. The molecule has 0 bridgehead atoms. The van der Waals surface area contributed by atoms with E-state index in [2.05, 4.69) is 5.10 Å². The normalized spacial score (nSPS) is 11.9. The number of hydrogen-bond donors (Lipinski definition) is 1. The van der Waals surface area contributed by atoms with Crippen molar-refractivity contribution in [1.82, 2.24) is 9.78 Å². The predicted octanol–water partition coefficient (Wildman–Crippen LogP) is 2.53. The molecule has 0 spiro atoms. The fraction of sp³-hybridized carbons (Fsp3) is 0.158. The van der Waals surface area contributed by atoms with Gasteiger partial charge in [-0.2, -0.15) is 5.10 Å². The zero-order chi connectivity index (χ0) is 21.3. The van der Waals surface area contributed by atoms with Crippen molar-refractivity contribution in [2.75, 3.05) is 5.32 Å². The van der Waals surface area contributed by atoms with Crippen LogP contribution in [0.25, 0.3) is 10.8 Å². The lowest BCUT2D eigenvalue weighted by Crippen LogP contribution is -2.32. The Bertz CT molecular complexity index is 1190. The third-order valence-corrected chi connectivity index (χ3v) is 4.10. The standard InChI is InChI=1S/C19H14F3N3O4/c1-9(17(26)23-13-8-7-12(20)14(21)15(13)22)29-19(28)16-10-5-3-4-6-11(10)18(27)25(2)24-16/h3-9H,1-2H3,(H,23,26)/t9-/m1/s1. The van der Waals surface area contributed by atoms with E-state index in [4.69, 9.17) is 4.74 Å². The highest BCUT2D eigenvalue weighted by atomic mass is 19.2. The van der Waals surface area contributed by atoms with Crippen molar-refractivity contribution < 1.29 is 27.5 Å². The van der Waals surface area contributed by atoms with Gasteiger partial charge in [-0.25, -0.2) is 22.6 Å². The van der Waals surface area contributed by atoms with Gasteiger partial charge in [0.05, 0.1) is 11.1 Å². The molecule has 0 saturated heterocycles. The second kappa shape index (κ2) is 7.74. The van der Waals surface area contributed by atoms with Crippen molar-refractivity contribution in [3.63, 3.8) is 0 Å². The molecule has 3 aromatic rings. The van der Waals surface area contributed by atoms with E-state index < -0.39 is 46.7 Å². The van der Waals surface area contributed by atoms with Crippen LogP contribution in [0.4, 0.5) is 18.9 Å². The van der Waals surface area contributed by atoms with Crippen molar-refractivity contribution in [1.29, 1.82) is 0 Å². The van der Waals surface area contributed by atoms with Gasteiger partial charge in [0.1, 0.15) is 0 Å². The van der Waals surface area contributed by atoms with Crippen LogP contribution in [0.1, 0.15) is 17.4 Å². The number of hydrogen-bond acceptors (Lipinski definition) is 5. The molecule has 150 valence electrons. The first-order valence-electron chi connectivity index (χ1n) is 8.32. The summed E-state index contributed by atoms with van der Waals surface area (Å²) in [5, 5.41) is 6.37. The molecule has 1 amide bonds. The van der Waals surface area contributed by atoms with Crippen LogP contribution in [0.5, 0.6) is 0 Å². The van der Waals surface area contributed by atoms with Crippen LogP contribution in [0, 0.1) is 17.5 Å². The summed E-state index contributed by atoms with van der Waals surface area (Å²) in [6, 6.07) is 7.71. The number of carbonyl (C=O) groups is 2. The molecule has 0 aliphatic carbocycles. The van der Waals surface area contributed by atoms with Crippen LogP contribution in [0.2, 0.25) is 0 Å². The summed E-state index contributed by atoms with van der Waals surface area (Å²) in [6.45, 7) is 1.20. The number of anilines is 1. The lowest BCUT2D eigenvalue weighted by atomic mass is 10.1. The zero-order valence-corrected chi connectivity index (χ0v) is 15.2. The van der Waals surface area contributed by atoms with Crippen molar-refractivity contribution >= 4 is 28.3 Å². The first-order valence-corrected chi connectivity index (χ1v) is 8.32. The van der Waals surface area contributed by atoms with Crippen molar-refractivity contribution in [2.45, 2.75) is 13.0 Å². The Labute approximate surface area is 161 Å². The van der Waals surface area contributed by atoms with E-state index in [1.165, 1.54) is 26.1 Å². The summed E-state index contributed by atoms with van der Waals surface area (Å²) in [4.78, 5) is 36.8. The number of ether oxygens (including phenoxy) is 1. The molecule has 2 aromatic carbocycles. The predicted molar refractivity (Wildman–Crippen MR) is 96.8 cm³/mol. The van der Waals surface area contributed by atoms with Gasteiger partial charge in [0.25, 0.3) is 11.5 Å². The van der Waals surface area contributed by atoms with E-state index in [-0.39, 0.29) is 16.5 Å². The lowest BCUT2D eigenvalue weighted by molar-refractivity contribution is -0.123. The van der Waals surface area contributed by atoms with Crippen LogP contribution in [-0.2, 0) is 16.6 Å². The van der Waals surface area contributed by atoms with Gasteiger partial charge in [-0.15, -0.1) is 0 Å². The van der Waals surface area contributed by atoms with E-state index >= 15 is 0 Å². The molecule has 3 rings (SSSR count). The van der Waals surface area contributed by atoms with Crippen LogP contribution >= 0.6 is 0 Å². The second-order valence-electron chi connectivity index (χ2n) is 6.08. The monoisotopic (exact) mass is 405 g/mol. The highest BCUT2D eigenvalue weighted by molar-refractivity contribution is 6.03. The van der Waals surface area contributed by atoms with Gasteiger partial charge in [-0.1, -0.05) is 18.2 Å². The summed E-state index contributed by atoms with van der Waals surface area (Å²) in [6.07, 6.45) is -1.42. The van der Waals surface area contributed by atoms with E-state index in [0.29, 0.717) is 6.07 Å². The minimum Gasteiger partial charge on any atom is -0.448 e. The molecule has 1 atom stereocenters. The van der Waals surface area contributed by atoms with Crippen molar-refractivity contribution in [3.05, 3.63) is 69.9 Å². The number of halogens is 3. The summed E-state index contributed by atoms with van der Waals surface area (Å²) >= 11 is 0. The highest BCUT2D eigenvalue weighted by Gasteiger charge is 2.24. The van der Waals surface area contributed by atoms with E-state index in [1.807, 2.05) is 5.32 Å².